The molecule has 6 heteroatoms. The van der Waals surface area contributed by atoms with Crippen molar-refractivity contribution in [3.8, 4) is 0 Å². The van der Waals surface area contributed by atoms with Crippen molar-refractivity contribution in [3.63, 3.8) is 0 Å². The Kier molecular flexibility index (Phi) is 4.04. The van der Waals surface area contributed by atoms with Crippen LogP contribution in [-0.2, 0) is 9.53 Å². The zero-order valence-corrected chi connectivity index (χ0v) is 9.48. The number of nitrogens with one attached hydrogen (secondary N) is 2. The van der Waals surface area contributed by atoms with Gasteiger partial charge >= 0.3 is 5.97 Å². The lowest BCUT2D eigenvalue weighted by atomic mass is 10.1. The Morgan fingerprint density at radius 2 is 2.25 bits per heavy atom. The fourth-order valence-electron chi connectivity index (χ4n) is 1.23. The molecule has 0 saturated carbocycles. The molecule has 0 radical (unpaired) electrons. The van der Waals surface area contributed by atoms with Crippen LogP contribution in [0.15, 0.2) is 17.2 Å². The molecule has 0 bridgehead atoms. The zero-order chi connectivity index (χ0) is 12.1. The van der Waals surface area contributed by atoms with E-state index in [0.29, 0.717) is 0 Å². The summed E-state index contributed by atoms with van der Waals surface area (Å²) < 4.78 is 4.64. The molecule has 1 aromatic heterocycles. The lowest BCUT2D eigenvalue weighted by Gasteiger charge is -2.19. The number of ether oxygens (including phenoxy) is 1. The number of nitrogens with zero attached hydrogens (tertiary/aromatic N) is 1. The molecule has 0 amide bonds. The van der Waals surface area contributed by atoms with Crippen molar-refractivity contribution in [2.45, 2.75) is 19.9 Å². The van der Waals surface area contributed by atoms with Gasteiger partial charge in [-0.25, -0.2) is 9.78 Å². The molecule has 0 aromatic carbocycles. The number of anilines is 1. The van der Waals surface area contributed by atoms with Crippen LogP contribution in [-0.4, -0.2) is 29.1 Å². The summed E-state index contributed by atoms with van der Waals surface area (Å²) in [7, 11) is 1.31. The summed E-state index contributed by atoms with van der Waals surface area (Å²) >= 11 is 0. The van der Waals surface area contributed by atoms with Crippen LogP contribution in [0.25, 0.3) is 0 Å². The van der Waals surface area contributed by atoms with Crippen molar-refractivity contribution >= 4 is 11.8 Å². The minimum Gasteiger partial charge on any atom is -0.467 e. The number of methoxy groups -OCH3 is 1. The highest BCUT2D eigenvalue weighted by molar-refractivity contribution is 5.79. The number of hydrogen-bond donors (Lipinski definition) is 2. The molecular weight excluding hydrogens is 210 g/mol. The Labute approximate surface area is 93.0 Å². The average molecular weight is 225 g/mol. The number of hydrogen-bond acceptors (Lipinski definition) is 5. The van der Waals surface area contributed by atoms with Gasteiger partial charge in [0.15, 0.2) is 5.82 Å². The lowest BCUT2D eigenvalue weighted by Crippen LogP contribution is -2.37. The van der Waals surface area contributed by atoms with Crippen LogP contribution >= 0.6 is 0 Å². The van der Waals surface area contributed by atoms with E-state index in [2.05, 4.69) is 20.0 Å². The van der Waals surface area contributed by atoms with Crippen molar-refractivity contribution in [1.29, 1.82) is 0 Å². The third-order valence-corrected chi connectivity index (χ3v) is 2.12. The van der Waals surface area contributed by atoms with Gasteiger partial charge in [-0.05, 0) is 5.92 Å². The summed E-state index contributed by atoms with van der Waals surface area (Å²) in [5.74, 6) is -0.305. The van der Waals surface area contributed by atoms with E-state index < -0.39 is 12.0 Å². The quantitative estimate of drug-likeness (QED) is 0.724. The standard InChI is InChI=1S/C10H15N3O3/c1-6(2)7(10(15)16-3)13-8-9(14)12-5-4-11-8/h4-7H,1-3H3,(H,11,13)(H,12,14). The molecule has 16 heavy (non-hydrogen) atoms. The van der Waals surface area contributed by atoms with Gasteiger partial charge in [0, 0.05) is 12.4 Å². The van der Waals surface area contributed by atoms with E-state index in [1.807, 2.05) is 13.8 Å². The van der Waals surface area contributed by atoms with E-state index in [9.17, 15) is 9.59 Å². The highest BCUT2D eigenvalue weighted by Crippen LogP contribution is 2.08. The van der Waals surface area contributed by atoms with E-state index in [4.69, 9.17) is 0 Å². The molecule has 6 nitrogen and oxygen atoms in total. The Morgan fingerprint density at radius 1 is 1.56 bits per heavy atom. The van der Waals surface area contributed by atoms with Crippen molar-refractivity contribution < 1.29 is 9.53 Å². The van der Waals surface area contributed by atoms with Gasteiger partial charge in [0.2, 0.25) is 0 Å². The van der Waals surface area contributed by atoms with Gasteiger partial charge in [-0.1, -0.05) is 13.8 Å². The molecule has 0 aliphatic heterocycles. The van der Waals surface area contributed by atoms with E-state index in [1.54, 1.807) is 0 Å². The number of carbonyl (C=O) groups is 1. The van der Waals surface area contributed by atoms with Gasteiger partial charge in [-0.2, -0.15) is 0 Å². The first-order valence-electron chi connectivity index (χ1n) is 4.94. The highest BCUT2D eigenvalue weighted by atomic mass is 16.5. The van der Waals surface area contributed by atoms with Gasteiger partial charge in [0.25, 0.3) is 5.56 Å². The highest BCUT2D eigenvalue weighted by Gasteiger charge is 2.23. The van der Waals surface area contributed by atoms with E-state index in [1.165, 1.54) is 19.5 Å². The van der Waals surface area contributed by atoms with Crippen LogP contribution in [0.1, 0.15) is 13.8 Å². The number of H-pyrrole nitrogens is 1. The average Bonchev–Trinajstić information content (AvgIpc) is 2.26. The Bertz CT molecular complexity index is 414. The van der Waals surface area contributed by atoms with E-state index in [0.717, 1.165) is 0 Å². The van der Waals surface area contributed by atoms with Crippen LogP contribution in [0.2, 0.25) is 0 Å². The number of aromatic nitrogens is 2. The Morgan fingerprint density at radius 3 is 2.75 bits per heavy atom. The van der Waals surface area contributed by atoms with Crippen LogP contribution in [0.4, 0.5) is 5.82 Å². The molecule has 0 fully saturated rings. The van der Waals surface area contributed by atoms with Crippen LogP contribution in [0.3, 0.4) is 0 Å². The maximum absolute atomic E-state index is 11.4. The van der Waals surface area contributed by atoms with Crippen molar-refractivity contribution in [1.82, 2.24) is 9.97 Å². The van der Waals surface area contributed by atoms with Crippen molar-refractivity contribution in [2.24, 2.45) is 5.92 Å². The fourth-order valence-corrected chi connectivity index (χ4v) is 1.23. The molecule has 0 aliphatic rings. The minimum absolute atomic E-state index is 0.00569. The molecule has 1 atom stereocenters. The summed E-state index contributed by atoms with van der Waals surface area (Å²) in [5, 5.41) is 2.77. The van der Waals surface area contributed by atoms with E-state index >= 15 is 0 Å². The number of esters is 1. The maximum atomic E-state index is 11.4. The van der Waals surface area contributed by atoms with Crippen molar-refractivity contribution in [2.75, 3.05) is 12.4 Å². The zero-order valence-electron chi connectivity index (χ0n) is 9.48. The first-order valence-corrected chi connectivity index (χ1v) is 4.94. The third kappa shape index (κ3) is 2.82. The van der Waals surface area contributed by atoms with Gasteiger partial charge in [0.05, 0.1) is 7.11 Å². The third-order valence-electron chi connectivity index (χ3n) is 2.12. The monoisotopic (exact) mass is 225 g/mol. The van der Waals surface area contributed by atoms with Gasteiger partial charge in [0.1, 0.15) is 6.04 Å². The fraction of sp³-hybridized carbons (Fsp3) is 0.500. The molecule has 0 saturated heterocycles. The number of aromatic amines is 1. The minimum atomic E-state index is -0.582. The molecular formula is C10H15N3O3. The van der Waals surface area contributed by atoms with Gasteiger partial charge < -0.3 is 15.0 Å². The second-order valence-electron chi connectivity index (χ2n) is 3.66. The molecule has 1 heterocycles. The number of carbonyl (C=O) groups excluding carboxylic acids is 1. The summed E-state index contributed by atoms with van der Waals surface area (Å²) in [4.78, 5) is 29.1. The summed E-state index contributed by atoms with van der Waals surface area (Å²) in [6.45, 7) is 3.71. The summed E-state index contributed by atoms with van der Waals surface area (Å²) in [6.07, 6.45) is 2.87. The lowest BCUT2D eigenvalue weighted by molar-refractivity contribution is -0.142. The largest absolute Gasteiger partial charge is 0.467 e. The van der Waals surface area contributed by atoms with Gasteiger partial charge in [-0.15, -0.1) is 0 Å². The topological polar surface area (TPSA) is 84.1 Å². The van der Waals surface area contributed by atoms with Crippen molar-refractivity contribution in [3.05, 3.63) is 22.7 Å². The van der Waals surface area contributed by atoms with Gasteiger partial charge in [-0.3, -0.25) is 4.79 Å². The summed E-state index contributed by atoms with van der Waals surface area (Å²) in [5.41, 5.74) is -0.364. The molecule has 88 valence electrons. The first kappa shape index (κ1) is 12.2. The molecule has 1 unspecified atom stereocenters. The SMILES string of the molecule is COC(=O)C(Nc1ncc[nH]c1=O)C(C)C. The Hall–Kier alpha value is -1.85. The van der Waals surface area contributed by atoms with Crippen LogP contribution < -0.4 is 10.9 Å². The first-order chi connectivity index (χ1) is 7.56. The van der Waals surface area contributed by atoms with Crippen LogP contribution in [0, 0.1) is 5.92 Å². The predicted octanol–water partition coefficient (Wildman–Crippen LogP) is 0.379. The maximum Gasteiger partial charge on any atom is 0.328 e. The predicted molar refractivity (Wildman–Crippen MR) is 59.1 cm³/mol. The normalized spacial score (nSPS) is 12.2. The molecule has 1 rings (SSSR count). The molecule has 0 aliphatic carbocycles. The molecule has 0 spiro atoms. The number of rotatable bonds is 4. The van der Waals surface area contributed by atoms with Crippen LogP contribution in [0.5, 0.6) is 0 Å². The second-order valence-corrected chi connectivity index (χ2v) is 3.66. The summed E-state index contributed by atoms with van der Waals surface area (Å²) in [6, 6.07) is -0.582. The molecule has 1 aromatic rings. The smallest absolute Gasteiger partial charge is 0.328 e. The second kappa shape index (κ2) is 5.29. The molecule has 2 N–H and O–H groups in total. The Balaban J connectivity index is 2.89. The van der Waals surface area contributed by atoms with E-state index in [-0.39, 0.29) is 17.3 Å².